The smallest absolute Gasteiger partial charge is 0.123 e. The van der Waals surface area contributed by atoms with Gasteiger partial charge in [0.1, 0.15) is 11.5 Å². The molecule has 184 valence electrons. The zero-order chi connectivity index (χ0) is 25.6. The SMILES string of the molecule is CC(C)(C)c1cc(CSCc2cc(C(C)(C)C)cc(C(C)(C)C)c2O)c(O)c(C(C)(C)C)c1. The van der Waals surface area contributed by atoms with Crippen molar-refractivity contribution in [3.8, 4) is 11.5 Å². The number of hydrogen-bond donors (Lipinski definition) is 2. The van der Waals surface area contributed by atoms with Gasteiger partial charge in [0, 0.05) is 22.6 Å². The molecule has 2 nitrogen and oxygen atoms in total. The van der Waals surface area contributed by atoms with Gasteiger partial charge in [0.05, 0.1) is 0 Å². The van der Waals surface area contributed by atoms with Crippen LogP contribution in [0, 0.1) is 0 Å². The van der Waals surface area contributed by atoms with Crippen LogP contribution in [0.3, 0.4) is 0 Å². The van der Waals surface area contributed by atoms with E-state index in [2.05, 4.69) is 107 Å². The van der Waals surface area contributed by atoms with Gasteiger partial charge in [-0.15, -0.1) is 0 Å². The van der Waals surface area contributed by atoms with E-state index in [0.29, 0.717) is 23.0 Å². The minimum Gasteiger partial charge on any atom is -0.507 e. The zero-order valence-electron chi connectivity index (χ0n) is 23.0. The number of thioether (sulfide) groups is 1. The quantitative estimate of drug-likeness (QED) is 0.469. The van der Waals surface area contributed by atoms with Crippen LogP contribution in [0.2, 0.25) is 0 Å². The molecule has 0 heterocycles. The van der Waals surface area contributed by atoms with E-state index in [1.165, 1.54) is 11.1 Å². The maximum atomic E-state index is 11.1. The molecule has 3 heteroatoms. The van der Waals surface area contributed by atoms with E-state index in [-0.39, 0.29) is 21.7 Å². The lowest BCUT2D eigenvalue weighted by molar-refractivity contribution is 0.440. The van der Waals surface area contributed by atoms with Crippen LogP contribution in [0.1, 0.15) is 116 Å². The third-order valence-corrected chi connectivity index (χ3v) is 7.27. The van der Waals surface area contributed by atoms with E-state index in [0.717, 1.165) is 22.3 Å². The largest absolute Gasteiger partial charge is 0.507 e. The van der Waals surface area contributed by atoms with Gasteiger partial charge in [-0.25, -0.2) is 0 Å². The summed E-state index contributed by atoms with van der Waals surface area (Å²) in [5, 5.41) is 22.2. The van der Waals surface area contributed by atoms with Gasteiger partial charge in [-0.2, -0.15) is 11.8 Å². The highest BCUT2D eigenvalue weighted by molar-refractivity contribution is 7.97. The normalized spacial score (nSPS) is 13.5. The summed E-state index contributed by atoms with van der Waals surface area (Å²) in [6, 6.07) is 8.64. The maximum absolute atomic E-state index is 11.1. The standard InChI is InChI=1S/C30H46O2S/c1-27(2,3)21-13-19(25(31)23(15-21)29(7,8)9)17-33-18-20-14-22(28(4,5)6)16-24(26(20)32)30(10,11)12/h13-16,31-32H,17-18H2,1-12H3. The number of aromatic hydroxyl groups is 2. The Kier molecular flexibility index (Phi) is 7.71. The van der Waals surface area contributed by atoms with E-state index in [9.17, 15) is 10.2 Å². The molecule has 2 N–H and O–H groups in total. The van der Waals surface area contributed by atoms with Crippen molar-refractivity contribution < 1.29 is 10.2 Å². The van der Waals surface area contributed by atoms with E-state index in [1.54, 1.807) is 11.8 Å². The monoisotopic (exact) mass is 470 g/mol. The Morgan fingerprint density at radius 2 is 0.818 bits per heavy atom. The fourth-order valence-electron chi connectivity index (χ4n) is 3.89. The lowest BCUT2D eigenvalue weighted by Crippen LogP contribution is -2.17. The van der Waals surface area contributed by atoms with Crippen LogP contribution in [-0.4, -0.2) is 10.2 Å². The topological polar surface area (TPSA) is 40.5 Å². The zero-order valence-corrected chi connectivity index (χ0v) is 23.8. The predicted molar refractivity (Wildman–Crippen MR) is 146 cm³/mol. The highest BCUT2D eigenvalue weighted by atomic mass is 32.2. The first-order chi connectivity index (χ1) is 14.7. The van der Waals surface area contributed by atoms with Crippen molar-refractivity contribution in [1.82, 2.24) is 0 Å². The Bertz CT molecular complexity index is 909. The molecule has 0 atom stereocenters. The molecule has 0 saturated heterocycles. The molecule has 0 aromatic heterocycles. The lowest BCUT2D eigenvalue weighted by Gasteiger charge is -2.28. The fraction of sp³-hybridized carbons (Fsp3) is 0.600. The minimum absolute atomic E-state index is 0.00797. The van der Waals surface area contributed by atoms with Crippen molar-refractivity contribution in [1.29, 1.82) is 0 Å². The van der Waals surface area contributed by atoms with Crippen LogP contribution in [0.4, 0.5) is 0 Å². The van der Waals surface area contributed by atoms with Gasteiger partial charge in [0.25, 0.3) is 0 Å². The van der Waals surface area contributed by atoms with Crippen LogP contribution in [0.5, 0.6) is 11.5 Å². The van der Waals surface area contributed by atoms with E-state index < -0.39 is 0 Å². The second kappa shape index (κ2) is 9.21. The Morgan fingerprint density at radius 3 is 1.06 bits per heavy atom. The molecular formula is C30H46O2S. The van der Waals surface area contributed by atoms with Crippen molar-refractivity contribution in [2.45, 2.75) is 116 Å². The Balaban J connectivity index is 2.43. The van der Waals surface area contributed by atoms with Crippen molar-refractivity contribution in [3.05, 3.63) is 57.6 Å². The van der Waals surface area contributed by atoms with Gasteiger partial charge >= 0.3 is 0 Å². The Labute approximate surface area is 207 Å². The number of hydrogen-bond acceptors (Lipinski definition) is 3. The molecule has 2 aromatic rings. The van der Waals surface area contributed by atoms with Gasteiger partial charge in [0.2, 0.25) is 0 Å². The summed E-state index contributed by atoms with van der Waals surface area (Å²) in [6.45, 7) is 26.2. The highest BCUT2D eigenvalue weighted by Gasteiger charge is 2.26. The van der Waals surface area contributed by atoms with Crippen molar-refractivity contribution in [2.24, 2.45) is 0 Å². The summed E-state index contributed by atoms with van der Waals surface area (Å²) in [4.78, 5) is 0. The van der Waals surface area contributed by atoms with E-state index in [1.807, 2.05) is 0 Å². The van der Waals surface area contributed by atoms with Crippen LogP contribution >= 0.6 is 11.8 Å². The molecule has 2 rings (SSSR count). The van der Waals surface area contributed by atoms with Crippen LogP contribution in [0.25, 0.3) is 0 Å². The lowest BCUT2D eigenvalue weighted by atomic mass is 9.79. The summed E-state index contributed by atoms with van der Waals surface area (Å²) in [5.74, 6) is 2.21. The number of phenols is 2. The summed E-state index contributed by atoms with van der Waals surface area (Å²) in [5.41, 5.74) is 6.18. The van der Waals surface area contributed by atoms with Gasteiger partial charge in [-0.05, 0) is 43.9 Å². The molecule has 0 bridgehead atoms. The Morgan fingerprint density at radius 1 is 0.515 bits per heavy atom. The molecule has 0 amide bonds. The second-order valence-corrected chi connectivity index (χ2v) is 14.5. The van der Waals surface area contributed by atoms with Gasteiger partial charge in [0.15, 0.2) is 0 Å². The number of rotatable bonds is 4. The molecule has 0 saturated carbocycles. The van der Waals surface area contributed by atoms with Gasteiger partial charge in [-0.3, -0.25) is 0 Å². The van der Waals surface area contributed by atoms with Crippen molar-refractivity contribution in [3.63, 3.8) is 0 Å². The summed E-state index contributed by atoms with van der Waals surface area (Å²) in [7, 11) is 0. The molecule has 0 unspecified atom stereocenters. The molecule has 0 aliphatic heterocycles. The number of phenolic OH excluding ortho intramolecular Hbond substituents is 2. The average molecular weight is 471 g/mol. The molecular weight excluding hydrogens is 424 g/mol. The Hall–Kier alpha value is -1.61. The van der Waals surface area contributed by atoms with Crippen molar-refractivity contribution >= 4 is 11.8 Å². The number of benzene rings is 2. The van der Waals surface area contributed by atoms with Crippen LogP contribution in [-0.2, 0) is 33.2 Å². The molecule has 0 radical (unpaired) electrons. The fourth-order valence-corrected chi connectivity index (χ4v) is 4.87. The van der Waals surface area contributed by atoms with Crippen LogP contribution < -0.4 is 0 Å². The molecule has 0 aliphatic rings. The molecule has 33 heavy (non-hydrogen) atoms. The van der Waals surface area contributed by atoms with E-state index in [4.69, 9.17) is 0 Å². The minimum atomic E-state index is -0.133. The van der Waals surface area contributed by atoms with Gasteiger partial charge < -0.3 is 10.2 Å². The molecule has 0 fully saturated rings. The molecule has 2 aromatic carbocycles. The molecule has 0 aliphatic carbocycles. The first kappa shape index (κ1) is 27.6. The van der Waals surface area contributed by atoms with E-state index >= 15 is 0 Å². The summed E-state index contributed by atoms with van der Waals surface area (Å²) >= 11 is 1.75. The maximum Gasteiger partial charge on any atom is 0.123 e. The predicted octanol–water partition coefficient (Wildman–Crippen LogP) is 8.72. The highest BCUT2D eigenvalue weighted by Crippen LogP contribution is 2.41. The van der Waals surface area contributed by atoms with Gasteiger partial charge in [-0.1, -0.05) is 107 Å². The van der Waals surface area contributed by atoms with Crippen molar-refractivity contribution in [2.75, 3.05) is 0 Å². The third-order valence-electron chi connectivity index (χ3n) is 6.24. The summed E-state index contributed by atoms with van der Waals surface area (Å²) < 4.78 is 0. The third kappa shape index (κ3) is 6.72. The first-order valence-corrected chi connectivity index (χ1v) is 13.2. The van der Waals surface area contributed by atoms with Crippen LogP contribution in [0.15, 0.2) is 24.3 Å². The second-order valence-electron chi connectivity index (χ2n) is 13.6. The summed E-state index contributed by atoms with van der Waals surface area (Å²) in [6.07, 6.45) is 0. The first-order valence-electron chi connectivity index (χ1n) is 12.0. The molecule has 0 spiro atoms. The average Bonchev–Trinajstić information content (AvgIpc) is 2.60.